The number of sulfonamides is 1. The number of hydrogen-bond acceptors (Lipinski definition) is 8. The zero-order chi connectivity index (χ0) is 24.3. The second-order valence-corrected chi connectivity index (χ2v) is 10.3. The van der Waals surface area contributed by atoms with E-state index in [-0.39, 0.29) is 34.8 Å². The number of methoxy groups -OCH3 is 1. The second kappa shape index (κ2) is 9.98. The lowest BCUT2D eigenvalue weighted by Gasteiger charge is -2.20. The highest BCUT2D eigenvalue weighted by Crippen LogP contribution is 2.29. The molecular formula is C21H26N4O6S2. The lowest BCUT2D eigenvalue weighted by Crippen LogP contribution is -2.31. The van der Waals surface area contributed by atoms with E-state index in [9.17, 15) is 22.8 Å². The summed E-state index contributed by atoms with van der Waals surface area (Å²) in [5, 5.41) is 2.93. The van der Waals surface area contributed by atoms with Gasteiger partial charge in [-0.3, -0.25) is 9.59 Å². The molecule has 12 heteroatoms. The minimum atomic E-state index is -3.60. The number of benzene rings is 1. The first-order valence-corrected chi connectivity index (χ1v) is 12.6. The molecule has 1 aliphatic rings. The van der Waals surface area contributed by atoms with E-state index in [1.54, 1.807) is 32.9 Å². The summed E-state index contributed by atoms with van der Waals surface area (Å²) >= 11 is 1.01. The minimum Gasteiger partial charge on any atom is -0.465 e. The van der Waals surface area contributed by atoms with Gasteiger partial charge in [0.15, 0.2) is 5.13 Å². The molecule has 10 nitrogen and oxygen atoms in total. The van der Waals surface area contributed by atoms with Crippen molar-refractivity contribution in [3.05, 3.63) is 34.8 Å². The lowest BCUT2D eigenvalue weighted by atomic mass is 10.1. The Hall–Kier alpha value is -2.83. The summed E-state index contributed by atoms with van der Waals surface area (Å²) in [5.41, 5.74) is 0.970. The van der Waals surface area contributed by atoms with Crippen LogP contribution in [0.4, 0.5) is 10.8 Å². The third kappa shape index (κ3) is 5.07. The monoisotopic (exact) mass is 494 g/mol. The molecule has 2 amide bonds. The Bertz CT molecular complexity index is 1160. The number of ether oxygens (including phenoxy) is 1. The molecule has 178 valence electrons. The number of nitrogens with one attached hydrogen (secondary N) is 1. The van der Waals surface area contributed by atoms with Crippen LogP contribution in [0, 0.1) is 12.8 Å². The van der Waals surface area contributed by atoms with Crippen molar-refractivity contribution in [3.63, 3.8) is 0 Å². The van der Waals surface area contributed by atoms with E-state index in [4.69, 9.17) is 4.74 Å². The number of carbonyl (C=O) groups excluding carboxylic acids is 3. The number of esters is 1. The number of thiazole rings is 1. The standard InChI is InChI=1S/C21H26N4O6S2/c1-5-24(6-2)33(29,30)16-9-7-15(8-10-16)25-12-14(11-17(25)26)19(27)23-21-22-13(3)18(32-21)20(28)31-4/h7-10,14H,5-6,11-12H2,1-4H3,(H,22,23,27). The number of anilines is 2. The molecule has 0 radical (unpaired) electrons. The molecule has 2 aromatic rings. The Kier molecular flexibility index (Phi) is 7.50. The van der Waals surface area contributed by atoms with Crippen LogP contribution in [0.3, 0.4) is 0 Å². The summed E-state index contributed by atoms with van der Waals surface area (Å²) in [7, 11) is -2.33. The van der Waals surface area contributed by atoms with Crippen molar-refractivity contribution in [2.24, 2.45) is 5.92 Å². The summed E-state index contributed by atoms with van der Waals surface area (Å²) in [6.45, 7) is 6.06. The van der Waals surface area contributed by atoms with Crippen LogP contribution in [0.5, 0.6) is 0 Å². The van der Waals surface area contributed by atoms with Gasteiger partial charge in [-0.15, -0.1) is 0 Å². The maximum atomic E-state index is 12.7. The quantitative estimate of drug-likeness (QED) is 0.558. The predicted molar refractivity (Wildman–Crippen MR) is 124 cm³/mol. The maximum absolute atomic E-state index is 12.7. The van der Waals surface area contributed by atoms with Crippen LogP contribution in [-0.4, -0.2) is 62.2 Å². The molecule has 1 saturated heterocycles. The van der Waals surface area contributed by atoms with Gasteiger partial charge < -0.3 is 15.0 Å². The molecule has 1 unspecified atom stereocenters. The number of hydrogen-bond donors (Lipinski definition) is 1. The van der Waals surface area contributed by atoms with E-state index in [1.807, 2.05) is 0 Å². The van der Waals surface area contributed by atoms with Crippen LogP contribution in [-0.2, 0) is 24.3 Å². The van der Waals surface area contributed by atoms with Crippen molar-refractivity contribution in [1.82, 2.24) is 9.29 Å². The van der Waals surface area contributed by atoms with Crippen LogP contribution in [0.1, 0.15) is 35.6 Å². The molecule has 1 aromatic carbocycles. The van der Waals surface area contributed by atoms with E-state index < -0.39 is 21.9 Å². The summed E-state index contributed by atoms with van der Waals surface area (Å²) < 4.78 is 31.4. The average molecular weight is 495 g/mol. The van der Waals surface area contributed by atoms with Gasteiger partial charge in [0.05, 0.1) is 23.6 Å². The number of amides is 2. The Labute approximate surface area is 196 Å². The van der Waals surface area contributed by atoms with Crippen LogP contribution in [0.15, 0.2) is 29.2 Å². The van der Waals surface area contributed by atoms with Gasteiger partial charge in [-0.05, 0) is 31.2 Å². The zero-order valence-corrected chi connectivity index (χ0v) is 20.5. The molecule has 1 fully saturated rings. The van der Waals surface area contributed by atoms with Crippen LogP contribution < -0.4 is 10.2 Å². The third-order valence-electron chi connectivity index (χ3n) is 5.38. The fourth-order valence-electron chi connectivity index (χ4n) is 3.58. The first kappa shape index (κ1) is 24.8. The highest BCUT2D eigenvalue weighted by atomic mass is 32.2. The molecule has 3 rings (SSSR count). The van der Waals surface area contributed by atoms with Gasteiger partial charge in [-0.25, -0.2) is 18.2 Å². The number of aromatic nitrogens is 1. The first-order valence-electron chi connectivity index (χ1n) is 10.4. The summed E-state index contributed by atoms with van der Waals surface area (Å²) in [5.74, 6) is -1.75. The van der Waals surface area contributed by atoms with Gasteiger partial charge in [0.2, 0.25) is 21.8 Å². The van der Waals surface area contributed by atoms with E-state index in [2.05, 4.69) is 10.3 Å². The Morgan fingerprint density at radius 1 is 1.24 bits per heavy atom. The molecule has 0 aliphatic carbocycles. The lowest BCUT2D eigenvalue weighted by molar-refractivity contribution is -0.122. The highest BCUT2D eigenvalue weighted by Gasteiger charge is 2.36. The fraction of sp³-hybridized carbons (Fsp3) is 0.429. The molecule has 0 spiro atoms. The van der Waals surface area contributed by atoms with E-state index in [1.165, 1.54) is 28.4 Å². The fourth-order valence-corrected chi connectivity index (χ4v) is 5.93. The average Bonchev–Trinajstić information content (AvgIpc) is 3.36. The van der Waals surface area contributed by atoms with Gasteiger partial charge in [0, 0.05) is 31.7 Å². The van der Waals surface area contributed by atoms with Crippen molar-refractivity contribution in [1.29, 1.82) is 0 Å². The van der Waals surface area contributed by atoms with Gasteiger partial charge in [0.1, 0.15) is 4.88 Å². The van der Waals surface area contributed by atoms with Gasteiger partial charge >= 0.3 is 5.97 Å². The number of nitrogens with zero attached hydrogens (tertiary/aromatic N) is 3. The van der Waals surface area contributed by atoms with E-state index in [0.717, 1.165) is 11.3 Å². The first-order chi connectivity index (χ1) is 15.6. The van der Waals surface area contributed by atoms with Crippen molar-refractivity contribution >= 4 is 50.0 Å². The van der Waals surface area contributed by atoms with Crippen LogP contribution in [0.2, 0.25) is 0 Å². The summed E-state index contributed by atoms with van der Waals surface area (Å²) in [4.78, 5) is 43.1. The van der Waals surface area contributed by atoms with E-state index in [0.29, 0.717) is 29.3 Å². The van der Waals surface area contributed by atoms with Crippen molar-refractivity contribution < 1.29 is 27.5 Å². The smallest absolute Gasteiger partial charge is 0.350 e. The molecule has 1 aliphatic heterocycles. The van der Waals surface area contributed by atoms with Gasteiger partial charge in [0.25, 0.3) is 0 Å². The Balaban J connectivity index is 1.70. The third-order valence-corrected chi connectivity index (χ3v) is 8.50. The Morgan fingerprint density at radius 3 is 2.45 bits per heavy atom. The van der Waals surface area contributed by atoms with Crippen LogP contribution >= 0.6 is 11.3 Å². The van der Waals surface area contributed by atoms with Crippen molar-refractivity contribution in [3.8, 4) is 0 Å². The van der Waals surface area contributed by atoms with E-state index >= 15 is 0 Å². The normalized spacial score (nSPS) is 16.3. The topological polar surface area (TPSA) is 126 Å². The number of aryl methyl sites for hydroxylation is 1. The minimum absolute atomic E-state index is 0.0134. The molecule has 1 N–H and O–H groups in total. The Morgan fingerprint density at radius 2 is 1.88 bits per heavy atom. The predicted octanol–water partition coefficient (Wildman–Crippen LogP) is 2.26. The van der Waals surface area contributed by atoms with Crippen LogP contribution in [0.25, 0.3) is 0 Å². The molecule has 33 heavy (non-hydrogen) atoms. The summed E-state index contributed by atoms with van der Waals surface area (Å²) in [6, 6.07) is 6.08. The largest absolute Gasteiger partial charge is 0.465 e. The molecule has 2 heterocycles. The van der Waals surface area contributed by atoms with Crippen molar-refractivity contribution in [2.45, 2.75) is 32.1 Å². The second-order valence-electron chi connectivity index (χ2n) is 7.40. The SMILES string of the molecule is CCN(CC)S(=O)(=O)c1ccc(N2CC(C(=O)Nc3nc(C)c(C(=O)OC)s3)CC2=O)cc1. The molecular weight excluding hydrogens is 468 g/mol. The summed E-state index contributed by atoms with van der Waals surface area (Å²) in [6.07, 6.45) is 0.0134. The zero-order valence-electron chi connectivity index (χ0n) is 18.8. The molecule has 0 saturated carbocycles. The molecule has 1 atom stereocenters. The number of rotatable bonds is 8. The van der Waals surface area contributed by atoms with Crippen molar-refractivity contribution in [2.75, 3.05) is 37.0 Å². The number of carbonyl (C=O) groups is 3. The highest BCUT2D eigenvalue weighted by molar-refractivity contribution is 7.89. The maximum Gasteiger partial charge on any atom is 0.350 e. The molecule has 0 bridgehead atoms. The van der Waals surface area contributed by atoms with Gasteiger partial charge in [-0.2, -0.15) is 4.31 Å². The molecule has 1 aromatic heterocycles. The van der Waals surface area contributed by atoms with Gasteiger partial charge in [-0.1, -0.05) is 25.2 Å².